The number of aromatic nitrogens is 4. The zero-order valence-corrected chi connectivity index (χ0v) is 7.50. The van der Waals surface area contributed by atoms with Gasteiger partial charge in [0.25, 0.3) is 0 Å². The van der Waals surface area contributed by atoms with Gasteiger partial charge in [0.1, 0.15) is 10.2 Å². The molecule has 0 unspecified atom stereocenters. The third kappa shape index (κ3) is 1.15. The number of nitrogens with zero attached hydrogens (tertiary/aromatic N) is 2. The van der Waals surface area contributed by atoms with E-state index in [2.05, 4.69) is 19.9 Å². The summed E-state index contributed by atoms with van der Waals surface area (Å²) in [4.78, 5) is 13.7. The second-order valence-corrected chi connectivity index (χ2v) is 2.98. The molecule has 0 radical (unpaired) electrons. The van der Waals surface area contributed by atoms with Gasteiger partial charge in [-0.25, -0.2) is 9.97 Å². The lowest BCUT2D eigenvalue weighted by molar-refractivity contribution is 1.11. The Hall–Kier alpha value is -1.14. The van der Waals surface area contributed by atoms with Gasteiger partial charge in [-0.3, -0.25) is 0 Å². The minimum absolute atomic E-state index is 0.466. The minimum Gasteiger partial charge on any atom is -0.322 e. The summed E-state index contributed by atoms with van der Waals surface area (Å²) >= 11 is 9.88. The van der Waals surface area contributed by atoms with E-state index in [1.54, 1.807) is 12.4 Å². The maximum absolute atomic E-state index is 5.00. The van der Waals surface area contributed by atoms with Gasteiger partial charge >= 0.3 is 0 Å². The van der Waals surface area contributed by atoms with E-state index in [0.717, 1.165) is 0 Å². The Morgan fingerprint density at radius 1 is 1.08 bits per heavy atom. The lowest BCUT2D eigenvalue weighted by Gasteiger charge is -1.94. The molecule has 0 atom stereocenters. The molecule has 0 saturated carbocycles. The summed E-state index contributed by atoms with van der Waals surface area (Å²) in [7, 11) is 0. The highest BCUT2D eigenvalue weighted by atomic mass is 32.1. The molecule has 0 fully saturated rings. The van der Waals surface area contributed by atoms with Crippen LogP contribution in [0.4, 0.5) is 0 Å². The number of aromatic amines is 2. The number of hydrogen-bond acceptors (Lipinski definition) is 4. The first-order valence-electron chi connectivity index (χ1n) is 3.21. The molecule has 2 aromatic rings. The molecule has 2 rings (SSSR count). The van der Waals surface area contributed by atoms with E-state index in [1.165, 1.54) is 0 Å². The lowest BCUT2D eigenvalue weighted by Crippen LogP contribution is -1.90. The molecular weight excluding hydrogens is 192 g/mol. The van der Waals surface area contributed by atoms with Crippen LogP contribution in [0.1, 0.15) is 0 Å². The summed E-state index contributed by atoms with van der Waals surface area (Å²) in [6.07, 6.45) is 3.17. The van der Waals surface area contributed by atoms with Crippen molar-refractivity contribution in [3.63, 3.8) is 0 Å². The Morgan fingerprint density at radius 3 is 2.67 bits per heavy atom. The van der Waals surface area contributed by atoms with Gasteiger partial charge < -0.3 is 9.97 Å². The highest BCUT2D eigenvalue weighted by Gasteiger charge is 1.95. The van der Waals surface area contributed by atoms with Gasteiger partial charge in [0.2, 0.25) is 0 Å². The van der Waals surface area contributed by atoms with Gasteiger partial charge in [-0.2, -0.15) is 0 Å². The fraction of sp³-hybridized carbons (Fsp3) is 0. The second kappa shape index (κ2) is 2.72. The number of nitrogens with one attached hydrogen (secondary N) is 2. The molecule has 0 aliphatic heterocycles. The number of hydrogen-bond donors (Lipinski definition) is 2. The average Bonchev–Trinajstić information content (AvgIpc) is 2.04. The van der Waals surface area contributed by atoms with Crippen molar-refractivity contribution in [2.75, 3.05) is 0 Å². The fourth-order valence-corrected chi connectivity index (χ4v) is 1.41. The second-order valence-electron chi connectivity index (χ2n) is 2.16. The first-order chi connectivity index (χ1) is 5.77. The van der Waals surface area contributed by atoms with Crippen LogP contribution >= 0.6 is 24.4 Å². The molecule has 0 aromatic carbocycles. The molecule has 2 aromatic heterocycles. The van der Waals surface area contributed by atoms with Crippen LogP contribution < -0.4 is 0 Å². The van der Waals surface area contributed by atoms with Crippen LogP contribution in [0.25, 0.3) is 11.2 Å². The summed E-state index contributed by atoms with van der Waals surface area (Å²) in [6, 6.07) is 0. The monoisotopic (exact) mass is 196 g/mol. The Labute approximate surface area is 77.7 Å². The molecule has 0 spiro atoms. The molecule has 0 aliphatic rings. The van der Waals surface area contributed by atoms with Crippen LogP contribution in [0.3, 0.4) is 0 Å². The van der Waals surface area contributed by atoms with Crippen molar-refractivity contribution in [1.29, 1.82) is 0 Å². The quantitative estimate of drug-likeness (QED) is 0.630. The summed E-state index contributed by atoms with van der Waals surface area (Å²) in [5.74, 6) is 0. The molecule has 0 amide bonds. The molecular formula is C6H4N4S2. The van der Waals surface area contributed by atoms with Gasteiger partial charge in [-0.15, -0.1) is 0 Å². The van der Waals surface area contributed by atoms with Crippen molar-refractivity contribution in [2.24, 2.45) is 0 Å². The summed E-state index contributed by atoms with van der Waals surface area (Å²) < 4.78 is 0.981. The normalized spacial score (nSPS) is 10.3. The van der Waals surface area contributed by atoms with Crippen LogP contribution in [0.2, 0.25) is 0 Å². The van der Waals surface area contributed by atoms with Crippen LogP contribution in [0.5, 0.6) is 0 Å². The van der Waals surface area contributed by atoms with E-state index >= 15 is 0 Å². The summed E-state index contributed by atoms with van der Waals surface area (Å²) in [6.45, 7) is 0. The standard InChI is InChI=1S/C6H4N4S2/c11-5-3-4(8-2-1-7-3)9-6(12)10-5/h1-2H,(H2,8,9,10,11,12). The van der Waals surface area contributed by atoms with Crippen LogP contribution in [0.15, 0.2) is 12.4 Å². The first kappa shape index (κ1) is 7.51. The molecule has 6 heteroatoms. The van der Waals surface area contributed by atoms with E-state index in [9.17, 15) is 0 Å². The summed E-state index contributed by atoms with van der Waals surface area (Å²) in [5, 5.41) is 0. The molecule has 4 nitrogen and oxygen atoms in total. The maximum Gasteiger partial charge on any atom is 0.177 e. The van der Waals surface area contributed by atoms with E-state index in [4.69, 9.17) is 24.4 Å². The third-order valence-electron chi connectivity index (χ3n) is 1.37. The van der Waals surface area contributed by atoms with E-state index in [0.29, 0.717) is 20.6 Å². The Morgan fingerprint density at radius 2 is 1.83 bits per heavy atom. The van der Waals surface area contributed by atoms with Gasteiger partial charge in [0.05, 0.1) is 0 Å². The van der Waals surface area contributed by atoms with E-state index in [-0.39, 0.29) is 0 Å². The predicted octanol–water partition coefficient (Wildman–Crippen LogP) is 1.74. The molecule has 2 heterocycles. The van der Waals surface area contributed by atoms with Gasteiger partial charge in [0.15, 0.2) is 10.4 Å². The smallest absolute Gasteiger partial charge is 0.177 e. The van der Waals surface area contributed by atoms with Crippen LogP contribution in [-0.4, -0.2) is 19.9 Å². The third-order valence-corrected chi connectivity index (χ3v) is 1.87. The topological polar surface area (TPSA) is 57.4 Å². The van der Waals surface area contributed by atoms with Crippen molar-refractivity contribution < 1.29 is 0 Å². The first-order valence-corrected chi connectivity index (χ1v) is 4.02. The molecule has 0 saturated heterocycles. The van der Waals surface area contributed by atoms with Gasteiger partial charge in [0, 0.05) is 12.4 Å². The molecule has 0 bridgehead atoms. The highest BCUT2D eigenvalue weighted by Crippen LogP contribution is 2.03. The van der Waals surface area contributed by atoms with E-state index < -0.39 is 0 Å². The highest BCUT2D eigenvalue weighted by molar-refractivity contribution is 7.72. The SMILES string of the molecule is S=c1[nH]c(=S)c2nccnc2[nH]1. The minimum atomic E-state index is 0.466. The predicted molar refractivity (Wildman–Crippen MR) is 49.9 cm³/mol. The summed E-state index contributed by atoms with van der Waals surface area (Å²) in [5.41, 5.74) is 1.26. The number of fused-ring (bicyclic) bond motifs is 1. The molecule has 2 N–H and O–H groups in total. The Kier molecular flexibility index (Phi) is 1.70. The van der Waals surface area contributed by atoms with E-state index in [1.807, 2.05) is 0 Å². The Bertz CT molecular complexity index is 527. The zero-order chi connectivity index (χ0) is 8.55. The van der Waals surface area contributed by atoms with Crippen molar-refractivity contribution in [1.82, 2.24) is 19.9 Å². The fourth-order valence-electron chi connectivity index (χ4n) is 0.897. The van der Waals surface area contributed by atoms with Crippen LogP contribution in [-0.2, 0) is 0 Å². The van der Waals surface area contributed by atoms with Crippen LogP contribution in [0, 0.1) is 9.41 Å². The number of H-pyrrole nitrogens is 2. The maximum atomic E-state index is 5.00. The lowest BCUT2D eigenvalue weighted by atomic mass is 10.5. The molecule has 0 aliphatic carbocycles. The van der Waals surface area contributed by atoms with Gasteiger partial charge in [-0.05, 0) is 12.2 Å². The van der Waals surface area contributed by atoms with Crippen molar-refractivity contribution in [2.45, 2.75) is 0 Å². The van der Waals surface area contributed by atoms with Crippen molar-refractivity contribution in [3.8, 4) is 0 Å². The Balaban J connectivity index is 3.09. The van der Waals surface area contributed by atoms with Crippen molar-refractivity contribution in [3.05, 3.63) is 21.8 Å². The van der Waals surface area contributed by atoms with Gasteiger partial charge in [-0.1, -0.05) is 12.2 Å². The molecule has 60 valence electrons. The average molecular weight is 196 g/mol. The zero-order valence-electron chi connectivity index (χ0n) is 5.87. The number of rotatable bonds is 0. The van der Waals surface area contributed by atoms with Crippen molar-refractivity contribution >= 4 is 35.6 Å². The molecule has 12 heavy (non-hydrogen) atoms. The largest absolute Gasteiger partial charge is 0.322 e.